The summed E-state index contributed by atoms with van der Waals surface area (Å²) in [6, 6.07) is 12.8. The molecular weight excluding hydrogens is 378 g/mol. The molecule has 0 atom stereocenters. The zero-order chi connectivity index (χ0) is 19.9. The predicted octanol–water partition coefficient (Wildman–Crippen LogP) is 3.12. The molecule has 0 spiro atoms. The van der Waals surface area contributed by atoms with Crippen LogP contribution in [-0.2, 0) is 4.79 Å². The highest BCUT2D eigenvalue weighted by Crippen LogP contribution is 2.32. The van der Waals surface area contributed by atoms with Crippen LogP contribution in [0.15, 0.2) is 42.5 Å². The Morgan fingerprint density at radius 1 is 1.11 bits per heavy atom. The summed E-state index contributed by atoms with van der Waals surface area (Å²) in [4.78, 5) is 14.3. The monoisotopic (exact) mass is 401 g/mol. The fraction of sp³-hybridized carbons (Fsp3) is 0.300. The van der Waals surface area contributed by atoms with Crippen LogP contribution in [0.5, 0.6) is 17.2 Å². The number of thiocarbonyl (C=S) groups is 1. The molecule has 0 radical (unpaired) electrons. The molecule has 2 aromatic carbocycles. The third-order valence-electron chi connectivity index (χ3n) is 4.15. The molecule has 0 aliphatic carbocycles. The van der Waals surface area contributed by atoms with Gasteiger partial charge in [0.1, 0.15) is 19.0 Å². The van der Waals surface area contributed by atoms with Crippen LogP contribution < -0.4 is 24.8 Å². The first-order valence-electron chi connectivity index (χ1n) is 8.98. The molecule has 1 heterocycles. The second kappa shape index (κ2) is 9.27. The van der Waals surface area contributed by atoms with Gasteiger partial charge in [0.2, 0.25) is 5.91 Å². The Bertz CT molecular complexity index is 859. The standard InChI is InChI=1S/C20H23N3O4S/c1-3-23(20(28)22-14-5-4-6-16(11-14)25-2)13-19(24)21-15-7-8-17-18(12-15)27-10-9-26-17/h4-8,11-12H,3,9-10,13H2,1-2H3,(H,21,24)(H,22,28). The number of carbonyl (C=O) groups excluding carboxylic acids is 1. The molecule has 8 heteroatoms. The van der Waals surface area contributed by atoms with Crippen molar-refractivity contribution in [1.29, 1.82) is 0 Å². The van der Waals surface area contributed by atoms with Crippen molar-refractivity contribution in [3.05, 3.63) is 42.5 Å². The Morgan fingerprint density at radius 3 is 2.61 bits per heavy atom. The SMILES string of the molecule is CCN(CC(=O)Nc1ccc2c(c1)OCCO2)C(=S)Nc1cccc(OC)c1. The number of nitrogens with zero attached hydrogens (tertiary/aromatic N) is 1. The number of likely N-dealkylation sites (N-methyl/N-ethyl adjacent to an activating group) is 1. The van der Waals surface area contributed by atoms with E-state index >= 15 is 0 Å². The van der Waals surface area contributed by atoms with E-state index in [0.717, 1.165) is 11.4 Å². The van der Waals surface area contributed by atoms with E-state index in [1.165, 1.54) is 0 Å². The lowest BCUT2D eigenvalue weighted by molar-refractivity contribution is -0.116. The summed E-state index contributed by atoms with van der Waals surface area (Å²) in [6.45, 7) is 3.68. The number of ether oxygens (including phenoxy) is 3. The van der Waals surface area contributed by atoms with Crippen LogP contribution in [0.1, 0.15) is 6.92 Å². The van der Waals surface area contributed by atoms with Crippen LogP contribution in [0.2, 0.25) is 0 Å². The van der Waals surface area contributed by atoms with Gasteiger partial charge in [0.05, 0.1) is 13.7 Å². The minimum absolute atomic E-state index is 0.126. The van der Waals surface area contributed by atoms with Gasteiger partial charge < -0.3 is 29.7 Å². The lowest BCUT2D eigenvalue weighted by atomic mass is 10.2. The Kier molecular flexibility index (Phi) is 6.54. The smallest absolute Gasteiger partial charge is 0.243 e. The minimum Gasteiger partial charge on any atom is -0.497 e. The van der Waals surface area contributed by atoms with Crippen molar-refractivity contribution in [2.75, 3.05) is 44.0 Å². The van der Waals surface area contributed by atoms with Gasteiger partial charge in [-0.15, -0.1) is 0 Å². The summed E-state index contributed by atoms with van der Waals surface area (Å²) in [5.74, 6) is 1.87. The molecule has 2 aromatic rings. The molecule has 0 bridgehead atoms. The summed E-state index contributed by atoms with van der Waals surface area (Å²) in [7, 11) is 1.61. The molecule has 0 unspecified atom stereocenters. The molecule has 148 valence electrons. The van der Waals surface area contributed by atoms with E-state index in [4.69, 9.17) is 26.4 Å². The number of carbonyl (C=O) groups is 1. The quantitative estimate of drug-likeness (QED) is 0.721. The van der Waals surface area contributed by atoms with Gasteiger partial charge in [0, 0.05) is 30.1 Å². The summed E-state index contributed by atoms with van der Waals surface area (Å²) in [6.07, 6.45) is 0. The third-order valence-corrected chi connectivity index (χ3v) is 4.51. The molecule has 1 aliphatic heterocycles. The summed E-state index contributed by atoms with van der Waals surface area (Å²) < 4.78 is 16.2. The molecule has 0 aromatic heterocycles. The number of benzene rings is 2. The van der Waals surface area contributed by atoms with Crippen molar-refractivity contribution in [2.45, 2.75) is 6.92 Å². The topological polar surface area (TPSA) is 72.1 Å². The van der Waals surface area contributed by atoms with Gasteiger partial charge in [-0.1, -0.05) is 6.07 Å². The van der Waals surface area contributed by atoms with E-state index in [1.54, 1.807) is 30.2 Å². The molecule has 7 nitrogen and oxygen atoms in total. The molecule has 0 fully saturated rings. The van der Waals surface area contributed by atoms with E-state index in [-0.39, 0.29) is 12.5 Å². The zero-order valence-corrected chi connectivity index (χ0v) is 16.7. The number of nitrogens with one attached hydrogen (secondary N) is 2. The van der Waals surface area contributed by atoms with Gasteiger partial charge >= 0.3 is 0 Å². The molecule has 28 heavy (non-hydrogen) atoms. The highest BCUT2D eigenvalue weighted by molar-refractivity contribution is 7.80. The lowest BCUT2D eigenvalue weighted by Gasteiger charge is -2.24. The summed E-state index contributed by atoms with van der Waals surface area (Å²) >= 11 is 5.46. The molecule has 0 saturated heterocycles. The first kappa shape index (κ1) is 19.8. The third kappa shape index (κ3) is 5.04. The lowest BCUT2D eigenvalue weighted by Crippen LogP contribution is -2.40. The zero-order valence-electron chi connectivity index (χ0n) is 15.9. The maximum Gasteiger partial charge on any atom is 0.243 e. The van der Waals surface area contributed by atoms with Crippen LogP contribution in [0.25, 0.3) is 0 Å². The van der Waals surface area contributed by atoms with Crippen molar-refractivity contribution in [3.8, 4) is 17.2 Å². The van der Waals surface area contributed by atoms with Gasteiger partial charge in [-0.3, -0.25) is 4.79 Å². The van der Waals surface area contributed by atoms with Gasteiger partial charge in [-0.05, 0) is 43.4 Å². The number of amides is 1. The van der Waals surface area contributed by atoms with Crippen molar-refractivity contribution < 1.29 is 19.0 Å². The Balaban J connectivity index is 1.58. The van der Waals surface area contributed by atoms with E-state index in [2.05, 4.69) is 10.6 Å². The van der Waals surface area contributed by atoms with Crippen LogP contribution in [0.3, 0.4) is 0 Å². The van der Waals surface area contributed by atoms with Gasteiger partial charge in [0.25, 0.3) is 0 Å². The minimum atomic E-state index is -0.173. The molecule has 0 saturated carbocycles. The van der Waals surface area contributed by atoms with Crippen molar-refractivity contribution in [3.63, 3.8) is 0 Å². The highest BCUT2D eigenvalue weighted by atomic mass is 32.1. The fourth-order valence-corrected chi connectivity index (χ4v) is 3.04. The van der Waals surface area contributed by atoms with E-state index in [1.807, 2.05) is 31.2 Å². The van der Waals surface area contributed by atoms with E-state index in [0.29, 0.717) is 42.1 Å². The number of hydrogen-bond acceptors (Lipinski definition) is 5. The average molecular weight is 401 g/mol. The van der Waals surface area contributed by atoms with Gasteiger partial charge in [-0.2, -0.15) is 0 Å². The summed E-state index contributed by atoms with van der Waals surface area (Å²) in [5.41, 5.74) is 1.45. The molecule has 1 amide bonds. The van der Waals surface area contributed by atoms with Crippen molar-refractivity contribution in [1.82, 2.24) is 4.90 Å². The fourth-order valence-electron chi connectivity index (χ4n) is 2.73. The van der Waals surface area contributed by atoms with Crippen LogP contribution in [0.4, 0.5) is 11.4 Å². The highest BCUT2D eigenvalue weighted by Gasteiger charge is 2.15. The normalized spacial score (nSPS) is 12.1. The van der Waals surface area contributed by atoms with Crippen LogP contribution in [-0.4, -0.2) is 49.3 Å². The van der Waals surface area contributed by atoms with Crippen LogP contribution in [0, 0.1) is 0 Å². The summed E-state index contributed by atoms with van der Waals surface area (Å²) in [5, 5.41) is 6.47. The second-order valence-corrected chi connectivity index (χ2v) is 6.47. The Hall–Kier alpha value is -3.00. The first-order valence-corrected chi connectivity index (χ1v) is 9.39. The number of methoxy groups -OCH3 is 1. The van der Waals surface area contributed by atoms with E-state index < -0.39 is 0 Å². The number of hydrogen-bond donors (Lipinski definition) is 2. The van der Waals surface area contributed by atoms with Crippen LogP contribution >= 0.6 is 12.2 Å². The Morgan fingerprint density at radius 2 is 1.86 bits per heavy atom. The van der Waals surface area contributed by atoms with Crippen molar-refractivity contribution in [2.24, 2.45) is 0 Å². The maximum absolute atomic E-state index is 12.5. The molecule has 2 N–H and O–H groups in total. The maximum atomic E-state index is 12.5. The molecule has 3 rings (SSSR count). The largest absolute Gasteiger partial charge is 0.497 e. The van der Waals surface area contributed by atoms with Gasteiger partial charge in [-0.25, -0.2) is 0 Å². The number of rotatable bonds is 6. The van der Waals surface area contributed by atoms with Crippen molar-refractivity contribution >= 4 is 34.6 Å². The average Bonchev–Trinajstić information content (AvgIpc) is 2.72. The van der Waals surface area contributed by atoms with E-state index in [9.17, 15) is 4.79 Å². The van der Waals surface area contributed by atoms with Gasteiger partial charge in [0.15, 0.2) is 16.6 Å². The molecule has 1 aliphatic rings. The number of anilines is 2. The number of fused-ring (bicyclic) bond motifs is 1. The molecular formula is C20H23N3O4S. The Labute approximate surface area is 169 Å². The predicted molar refractivity (Wildman–Crippen MR) is 113 cm³/mol. The first-order chi connectivity index (χ1) is 13.6. The second-order valence-electron chi connectivity index (χ2n) is 6.08.